The van der Waals surface area contributed by atoms with Crippen LogP contribution in [-0.2, 0) is 19.1 Å². The van der Waals surface area contributed by atoms with Gasteiger partial charge < -0.3 is 15.4 Å². The van der Waals surface area contributed by atoms with Gasteiger partial charge in [-0.1, -0.05) is 19.4 Å². The fraction of sp³-hybridized carbons (Fsp3) is 0.526. The van der Waals surface area contributed by atoms with Crippen LogP contribution in [0.5, 0.6) is 5.88 Å². The first-order chi connectivity index (χ1) is 13.9. The molecule has 30 heavy (non-hydrogen) atoms. The van der Waals surface area contributed by atoms with Crippen molar-refractivity contribution < 1.29 is 17.9 Å². The molecule has 0 aliphatic rings. The van der Waals surface area contributed by atoms with E-state index in [1.807, 2.05) is 19.1 Å². The standard InChI is InChI=1S/C19H26F3N5OS.HI/c1-3-5-11-28-17-14(7-6-9-24-17)12-26-18(23-4-2)25-10-8-16-27-15(13-29-16)19(20,21)22;/h6-7,9,13H,3-5,8,10-12H2,1-2H3,(H2,23,25,26);1H. The van der Waals surface area contributed by atoms with Crippen molar-refractivity contribution in [2.24, 2.45) is 4.99 Å². The normalized spacial score (nSPS) is 11.7. The molecule has 0 amide bonds. The van der Waals surface area contributed by atoms with Gasteiger partial charge in [0.15, 0.2) is 11.7 Å². The molecule has 0 fully saturated rings. The van der Waals surface area contributed by atoms with Gasteiger partial charge in [0.05, 0.1) is 18.2 Å². The lowest BCUT2D eigenvalue weighted by atomic mass is 10.2. The molecule has 0 bridgehead atoms. The first kappa shape index (κ1) is 26.4. The fourth-order valence-corrected chi connectivity index (χ4v) is 3.14. The van der Waals surface area contributed by atoms with E-state index in [1.54, 1.807) is 6.20 Å². The molecule has 0 spiro atoms. The largest absolute Gasteiger partial charge is 0.477 e. The number of alkyl halides is 3. The van der Waals surface area contributed by atoms with Crippen molar-refractivity contribution in [3.8, 4) is 5.88 Å². The van der Waals surface area contributed by atoms with Crippen molar-refractivity contribution in [3.05, 3.63) is 40.0 Å². The zero-order chi connectivity index (χ0) is 21.1. The van der Waals surface area contributed by atoms with Gasteiger partial charge >= 0.3 is 6.18 Å². The first-order valence-electron chi connectivity index (χ1n) is 9.54. The van der Waals surface area contributed by atoms with E-state index >= 15 is 0 Å². The smallest absolute Gasteiger partial charge is 0.434 e. The van der Waals surface area contributed by atoms with Crippen LogP contribution in [0, 0.1) is 0 Å². The number of aliphatic imine (C=N–C) groups is 1. The Morgan fingerprint density at radius 1 is 1.27 bits per heavy atom. The van der Waals surface area contributed by atoms with Crippen LogP contribution >= 0.6 is 35.3 Å². The number of thiazole rings is 1. The molecule has 11 heteroatoms. The number of nitrogens with one attached hydrogen (secondary N) is 2. The lowest BCUT2D eigenvalue weighted by Crippen LogP contribution is -2.38. The number of aromatic nitrogens is 2. The molecule has 2 N–H and O–H groups in total. The van der Waals surface area contributed by atoms with E-state index in [9.17, 15) is 13.2 Å². The molecular weight excluding hydrogens is 530 g/mol. The predicted octanol–water partition coefficient (Wildman–Crippen LogP) is 4.65. The molecule has 2 rings (SSSR count). The molecule has 0 radical (unpaired) electrons. The van der Waals surface area contributed by atoms with Crippen LogP contribution in [0.25, 0.3) is 0 Å². The van der Waals surface area contributed by atoms with Crippen molar-refractivity contribution in [1.82, 2.24) is 20.6 Å². The second-order valence-corrected chi connectivity index (χ2v) is 7.11. The number of rotatable bonds is 10. The van der Waals surface area contributed by atoms with Gasteiger partial charge in [0.1, 0.15) is 0 Å². The number of pyridine rings is 1. The minimum atomic E-state index is -4.40. The van der Waals surface area contributed by atoms with Crippen molar-refractivity contribution in [2.75, 3.05) is 19.7 Å². The molecule has 0 saturated carbocycles. The topological polar surface area (TPSA) is 71.4 Å². The van der Waals surface area contributed by atoms with Crippen molar-refractivity contribution in [2.45, 2.75) is 45.8 Å². The van der Waals surface area contributed by atoms with Gasteiger partial charge in [-0.3, -0.25) is 0 Å². The van der Waals surface area contributed by atoms with E-state index in [0.717, 1.165) is 35.1 Å². The molecule has 6 nitrogen and oxygen atoms in total. The Kier molecular flexibility index (Phi) is 12.0. The Hall–Kier alpha value is -1.63. The second kappa shape index (κ2) is 13.6. The molecular formula is C19H27F3IN5OS. The summed E-state index contributed by atoms with van der Waals surface area (Å²) in [7, 11) is 0. The van der Waals surface area contributed by atoms with Crippen LogP contribution < -0.4 is 15.4 Å². The van der Waals surface area contributed by atoms with E-state index in [4.69, 9.17) is 4.74 Å². The quantitative estimate of drug-likeness (QED) is 0.193. The third kappa shape index (κ3) is 9.02. The summed E-state index contributed by atoms with van der Waals surface area (Å²) in [5.74, 6) is 1.14. The van der Waals surface area contributed by atoms with Crippen molar-refractivity contribution in [1.29, 1.82) is 0 Å². The van der Waals surface area contributed by atoms with Crippen molar-refractivity contribution >= 4 is 41.3 Å². The van der Waals surface area contributed by atoms with E-state index < -0.39 is 11.9 Å². The van der Waals surface area contributed by atoms with Crippen molar-refractivity contribution in [3.63, 3.8) is 0 Å². The minimum absolute atomic E-state index is 0. The maximum absolute atomic E-state index is 12.6. The number of halogens is 4. The maximum atomic E-state index is 12.6. The third-order valence-electron chi connectivity index (χ3n) is 3.81. The maximum Gasteiger partial charge on any atom is 0.434 e. The average Bonchev–Trinajstić information content (AvgIpc) is 3.17. The summed E-state index contributed by atoms with van der Waals surface area (Å²) < 4.78 is 43.6. The van der Waals surface area contributed by atoms with E-state index in [2.05, 4.69) is 32.5 Å². The number of hydrogen-bond acceptors (Lipinski definition) is 5. The summed E-state index contributed by atoms with van der Waals surface area (Å²) in [4.78, 5) is 12.4. The zero-order valence-electron chi connectivity index (χ0n) is 17.0. The monoisotopic (exact) mass is 557 g/mol. The number of guanidine groups is 1. The van der Waals surface area contributed by atoms with Crippen LogP contribution in [0.2, 0.25) is 0 Å². The van der Waals surface area contributed by atoms with Gasteiger partial charge in [0, 0.05) is 36.7 Å². The summed E-state index contributed by atoms with van der Waals surface area (Å²) in [5.41, 5.74) is 0.0285. The van der Waals surface area contributed by atoms with Gasteiger partial charge in [-0.15, -0.1) is 35.3 Å². The molecule has 168 valence electrons. The number of unbranched alkanes of at least 4 members (excludes halogenated alkanes) is 1. The first-order valence-corrected chi connectivity index (χ1v) is 10.4. The van der Waals surface area contributed by atoms with Crippen LogP contribution in [0.15, 0.2) is 28.7 Å². The van der Waals surface area contributed by atoms with Gasteiger partial charge in [0.25, 0.3) is 0 Å². The molecule has 0 atom stereocenters. The highest BCUT2D eigenvalue weighted by molar-refractivity contribution is 14.0. The van der Waals surface area contributed by atoms with Gasteiger partial charge in [-0.25, -0.2) is 15.0 Å². The molecule has 2 aromatic heterocycles. The van der Waals surface area contributed by atoms with Crippen LogP contribution in [0.3, 0.4) is 0 Å². The van der Waals surface area contributed by atoms with Crippen LogP contribution in [0.4, 0.5) is 13.2 Å². The van der Waals surface area contributed by atoms with Crippen LogP contribution in [-0.4, -0.2) is 35.6 Å². The number of hydrogen-bond donors (Lipinski definition) is 2. The van der Waals surface area contributed by atoms with E-state index in [1.165, 1.54) is 0 Å². The lowest BCUT2D eigenvalue weighted by Gasteiger charge is -2.12. The molecule has 0 aliphatic carbocycles. The second-order valence-electron chi connectivity index (χ2n) is 6.17. The zero-order valence-corrected chi connectivity index (χ0v) is 20.1. The highest BCUT2D eigenvalue weighted by atomic mass is 127. The summed E-state index contributed by atoms with van der Waals surface area (Å²) in [6.07, 6.45) is -0.349. The number of ether oxygens (including phenoxy) is 1. The van der Waals surface area contributed by atoms with E-state index in [-0.39, 0.29) is 24.0 Å². The summed E-state index contributed by atoms with van der Waals surface area (Å²) in [6.45, 7) is 6.10. The van der Waals surface area contributed by atoms with Gasteiger partial charge in [-0.2, -0.15) is 13.2 Å². The molecule has 0 saturated heterocycles. The Labute approximate surface area is 195 Å². The molecule has 0 unspecified atom stereocenters. The Balaban J connectivity index is 0.00000450. The predicted molar refractivity (Wildman–Crippen MR) is 124 cm³/mol. The molecule has 0 aromatic carbocycles. The highest BCUT2D eigenvalue weighted by Gasteiger charge is 2.33. The minimum Gasteiger partial charge on any atom is -0.477 e. The van der Waals surface area contributed by atoms with Gasteiger partial charge in [-0.05, 0) is 19.4 Å². The van der Waals surface area contributed by atoms with E-state index in [0.29, 0.717) is 49.5 Å². The lowest BCUT2D eigenvalue weighted by molar-refractivity contribution is -0.140. The summed E-state index contributed by atoms with van der Waals surface area (Å²) in [6, 6.07) is 3.74. The summed E-state index contributed by atoms with van der Waals surface area (Å²) in [5, 5.41) is 7.71. The molecule has 0 aliphatic heterocycles. The third-order valence-corrected chi connectivity index (χ3v) is 4.72. The molecule has 2 heterocycles. The SMILES string of the molecule is CCCCOc1ncccc1CN=C(NCC)NCCc1nc(C(F)(F)F)cs1.I. The molecule has 2 aromatic rings. The Morgan fingerprint density at radius 2 is 2.07 bits per heavy atom. The fourth-order valence-electron chi connectivity index (χ4n) is 2.34. The highest BCUT2D eigenvalue weighted by Crippen LogP contribution is 2.30. The Morgan fingerprint density at radius 3 is 2.73 bits per heavy atom. The summed E-state index contributed by atoms with van der Waals surface area (Å²) >= 11 is 1.01. The average molecular weight is 557 g/mol. The number of nitrogens with zero attached hydrogens (tertiary/aromatic N) is 3. The van der Waals surface area contributed by atoms with Crippen LogP contribution in [0.1, 0.15) is 43.0 Å². The van der Waals surface area contributed by atoms with Gasteiger partial charge in [0.2, 0.25) is 5.88 Å². The Bertz CT molecular complexity index is 786.